The number of carbonyl (C=O) groups excluding carboxylic acids is 1. The van der Waals surface area contributed by atoms with E-state index >= 15 is 0 Å². The molecule has 0 heterocycles. The van der Waals surface area contributed by atoms with Gasteiger partial charge < -0.3 is 10.0 Å². The van der Waals surface area contributed by atoms with Gasteiger partial charge in [0.2, 0.25) is 0 Å². The first-order chi connectivity index (χ1) is 13.4. The van der Waals surface area contributed by atoms with Crippen molar-refractivity contribution in [3.8, 4) is 0 Å². The van der Waals surface area contributed by atoms with Gasteiger partial charge in [0.1, 0.15) is 0 Å². The van der Waals surface area contributed by atoms with Crippen molar-refractivity contribution in [1.82, 2.24) is 4.90 Å². The van der Waals surface area contributed by atoms with E-state index in [9.17, 15) is 14.7 Å². The van der Waals surface area contributed by atoms with E-state index in [1.807, 2.05) is 25.1 Å². The second kappa shape index (κ2) is 9.88. The molecule has 1 aromatic rings. The predicted octanol–water partition coefficient (Wildman–Crippen LogP) is 4.96. The standard InChI is InChI=1S/C24H29NO3/c1-5-18(20-11-13-21(14-12-20)23(26)25(3)4)15-16-22(24(27)28)19(6-2)10-9-17-7-8-17/h5,9-17,19H,1,6-8H2,2-4H3,(H,27,28)/b10-9?,18-15+,22-16?. The van der Waals surface area contributed by atoms with E-state index in [1.165, 1.54) is 17.7 Å². The lowest BCUT2D eigenvalue weighted by Crippen LogP contribution is -2.21. The molecule has 1 aliphatic rings. The maximum atomic E-state index is 12.0. The molecule has 1 unspecified atom stereocenters. The molecule has 0 aromatic heterocycles. The summed E-state index contributed by atoms with van der Waals surface area (Å²) in [6.07, 6.45) is 12.5. The quantitative estimate of drug-likeness (QED) is 0.375. The third-order valence-corrected chi connectivity index (χ3v) is 4.86. The summed E-state index contributed by atoms with van der Waals surface area (Å²) in [4.78, 5) is 25.3. The van der Waals surface area contributed by atoms with Crippen molar-refractivity contribution in [2.24, 2.45) is 11.8 Å². The lowest BCUT2D eigenvalue weighted by molar-refractivity contribution is -0.133. The summed E-state index contributed by atoms with van der Waals surface area (Å²) in [7, 11) is 3.43. The number of amides is 1. The van der Waals surface area contributed by atoms with Crippen molar-refractivity contribution in [2.45, 2.75) is 26.2 Å². The first kappa shape index (κ1) is 21.4. The number of hydrogen-bond acceptors (Lipinski definition) is 2. The van der Waals surface area contributed by atoms with E-state index < -0.39 is 5.97 Å². The molecule has 1 atom stereocenters. The third kappa shape index (κ3) is 5.81. The van der Waals surface area contributed by atoms with Crippen LogP contribution in [-0.2, 0) is 4.79 Å². The van der Waals surface area contributed by atoms with E-state index in [-0.39, 0.29) is 11.8 Å². The van der Waals surface area contributed by atoms with Gasteiger partial charge in [0, 0.05) is 31.1 Å². The minimum Gasteiger partial charge on any atom is -0.478 e. The summed E-state index contributed by atoms with van der Waals surface area (Å²) in [6, 6.07) is 7.24. The Bertz CT molecular complexity index is 809. The third-order valence-electron chi connectivity index (χ3n) is 4.86. The fraction of sp³-hybridized carbons (Fsp3) is 0.333. The van der Waals surface area contributed by atoms with Crippen LogP contribution < -0.4 is 0 Å². The van der Waals surface area contributed by atoms with E-state index in [1.54, 1.807) is 44.5 Å². The molecular weight excluding hydrogens is 350 g/mol. The molecule has 148 valence electrons. The number of hydrogen-bond donors (Lipinski definition) is 1. The Kier molecular flexibility index (Phi) is 7.56. The number of carbonyl (C=O) groups is 2. The number of rotatable bonds is 9. The van der Waals surface area contributed by atoms with Crippen molar-refractivity contribution in [3.63, 3.8) is 0 Å². The smallest absolute Gasteiger partial charge is 0.332 e. The molecule has 0 bridgehead atoms. The summed E-state index contributed by atoms with van der Waals surface area (Å²) in [5.74, 6) is -0.455. The highest BCUT2D eigenvalue weighted by Gasteiger charge is 2.20. The Hall–Kier alpha value is -2.88. The van der Waals surface area contributed by atoms with E-state index in [2.05, 4.69) is 12.7 Å². The Morgan fingerprint density at radius 2 is 1.79 bits per heavy atom. The summed E-state index contributed by atoms with van der Waals surface area (Å²) < 4.78 is 0. The van der Waals surface area contributed by atoms with Crippen molar-refractivity contribution >= 4 is 17.4 Å². The van der Waals surface area contributed by atoms with E-state index in [0.717, 1.165) is 17.6 Å². The molecule has 1 N–H and O–H groups in total. The molecule has 4 heteroatoms. The van der Waals surface area contributed by atoms with Gasteiger partial charge in [-0.25, -0.2) is 4.79 Å². The van der Waals surface area contributed by atoms with Crippen LogP contribution in [0.1, 0.15) is 42.1 Å². The average Bonchev–Trinajstić information content (AvgIpc) is 3.51. The first-order valence-electron chi connectivity index (χ1n) is 9.65. The summed E-state index contributed by atoms with van der Waals surface area (Å²) >= 11 is 0. The molecule has 1 amide bonds. The van der Waals surface area contributed by atoms with Gasteiger partial charge in [-0.1, -0.05) is 56.0 Å². The van der Waals surface area contributed by atoms with Gasteiger partial charge in [-0.2, -0.15) is 0 Å². The molecule has 0 saturated heterocycles. The van der Waals surface area contributed by atoms with Gasteiger partial charge >= 0.3 is 5.97 Å². The van der Waals surface area contributed by atoms with Crippen LogP contribution in [0.25, 0.3) is 5.57 Å². The van der Waals surface area contributed by atoms with Gasteiger partial charge in [-0.3, -0.25) is 4.79 Å². The topological polar surface area (TPSA) is 57.6 Å². The van der Waals surface area contributed by atoms with Crippen LogP contribution in [0.3, 0.4) is 0 Å². The lowest BCUT2D eigenvalue weighted by Gasteiger charge is -2.12. The van der Waals surface area contributed by atoms with Crippen LogP contribution in [0, 0.1) is 11.8 Å². The fourth-order valence-electron chi connectivity index (χ4n) is 2.92. The van der Waals surface area contributed by atoms with Crippen molar-refractivity contribution in [2.75, 3.05) is 14.1 Å². The second-order valence-electron chi connectivity index (χ2n) is 7.27. The molecule has 0 radical (unpaired) electrons. The number of carboxylic acid groups (broad SMARTS) is 1. The molecular formula is C24H29NO3. The zero-order chi connectivity index (χ0) is 20.7. The molecule has 1 aliphatic carbocycles. The molecule has 4 nitrogen and oxygen atoms in total. The van der Waals surface area contributed by atoms with Crippen LogP contribution in [0.15, 0.2) is 66.8 Å². The van der Waals surface area contributed by atoms with Gasteiger partial charge in [0.15, 0.2) is 0 Å². The van der Waals surface area contributed by atoms with E-state index in [4.69, 9.17) is 0 Å². The molecule has 1 fully saturated rings. The van der Waals surface area contributed by atoms with Crippen LogP contribution in [0.5, 0.6) is 0 Å². The van der Waals surface area contributed by atoms with Gasteiger partial charge in [0.05, 0.1) is 0 Å². The molecule has 1 aromatic carbocycles. The second-order valence-corrected chi connectivity index (χ2v) is 7.27. The predicted molar refractivity (Wildman–Crippen MR) is 114 cm³/mol. The Balaban J connectivity index is 2.28. The fourth-order valence-corrected chi connectivity index (χ4v) is 2.92. The number of aliphatic carboxylic acids is 1. The van der Waals surface area contributed by atoms with Crippen molar-refractivity contribution in [3.05, 3.63) is 77.9 Å². The maximum absolute atomic E-state index is 12.0. The molecule has 0 aliphatic heterocycles. The summed E-state index contributed by atoms with van der Waals surface area (Å²) in [5.41, 5.74) is 2.67. The summed E-state index contributed by atoms with van der Waals surface area (Å²) in [5, 5.41) is 9.66. The summed E-state index contributed by atoms with van der Waals surface area (Å²) in [6.45, 7) is 5.84. The number of benzene rings is 1. The number of carboxylic acids is 1. The van der Waals surface area contributed by atoms with Crippen LogP contribution in [0.2, 0.25) is 0 Å². The SMILES string of the molecule is C=C/C(=C\C=C(C(=O)O)C(C=CC1CC1)CC)c1ccc(C(=O)N(C)C)cc1. The van der Waals surface area contributed by atoms with Gasteiger partial charge in [0.25, 0.3) is 5.91 Å². The minimum atomic E-state index is -0.904. The van der Waals surface area contributed by atoms with Crippen LogP contribution in [-0.4, -0.2) is 36.0 Å². The average molecular weight is 380 g/mol. The zero-order valence-electron chi connectivity index (χ0n) is 16.9. The first-order valence-corrected chi connectivity index (χ1v) is 9.65. The number of allylic oxidation sites excluding steroid dienone is 6. The monoisotopic (exact) mass is 379 g/mol. The Morgan fingerprint density at radius 1 is 1.18 bits per heavy atom. The zero-order valence-corrected chi connectivity index (χ0v) is 16.9. The van der Waals surface area contributed by atoms with Gasteiger partial charge in [-0.05, 0) is 48.4 Å². The van der Waals surface area contributed by atoms with Crippen LogP contribution in [0.4, 0.5) is 0 Å². The minimum absolute atomic E-state index is 0.0584. The Labute approximate surface area is 167 Å². The molecule has 28 heavy (non-hydrogen) atoms. The van der Waals surface area contributed by atoms with Gasteiger partial charge in [-0.15, -0.1) is 0 Å². The van der Waals surface area contributed by atoms with Crippen LogP contribution >= 0.6 is 0 Å². The highest BCUT2D eigenvalue weighted by Crippen LogP contribution is 2.31. The highest BCUT2D eigenvalue weighted by molar-refractivity contribution is 5.94. The van der Waals surface area contributed by atoms with E-state index in [0.29, 0.717) is 17.1 Å². The molecule has 2 rings (SSSR count). The highest BCUT2D eigenvalue weighted by atomic mass is 16.4. The Morgan fingerprint density at radius 3 is 2.25 bits per heavy atom. The van der Waals surface area contributed by atoms with Crippen molar-refractivity contribution in [1.29, 1.82) is 0 Å². The van der Waals surface area contributed by atoms with Crippen molar-refractivity contribution < 1.29 is 14.7 Å². The normalized spacial score (nSPS) is 16.1. The molecule has 1 saturated carbocycles. The number of nitrogens with zero attached hydrogens (tertiary/aromatic N) is 1. The largest absolute Gasteiger partial charge is 0.478 e. The maximum Gasteiger partial charge on any atom is 0.332 e. The lowest BCUT2D eigenvalue weighted by atomic mass is 9.94. The molecule has 0 spiro atoms.